The van der Waals surface area contributed by atoms with Crippen molar-refractivity contribution in [1.29, 1.82) is 0 Å². The standard InChI is InChI=1S/C42H28N4/c1-4-14-29(15-5-1)36-28-37(30-16-6-2-7-17-30)44-41(43-36)31-24-26-33(27-25-31)46-39-23-13-11-21-35(39)40-34-20-10-12-22-38(34)45(42(40)46)32-18-8-3-9-19-32/h1-28H. The Balaban J connectivity index is 1.25. The van der Waals surface area contributed by atoms with Gasteiger partial charge < -0.3 is 0 Å². The normalized spacial score (nSPS) is 11.5. The molecule has 9 aromatic rings. The lowest BCUT2D eigenvalue weighted by Crippen LogP contribution is -2.01. The molecule has 4 nitrogen and oxygen atoms in total. The van der Waals surface area contributed by atoms with Crippen molar-refractivity contribution in [3.63, 3.8) is 0 Å². The molecule has 0 saturated heterocycles. The van der Waals surface area contributed by atoms with E-state index in [1.54, 1.807) is 0 Å². The number of benzene rings is 6. The van der Waals surface area contributed by atoms with Crippen LogP contribution in [0.1, 0.15) is 0 Å². The Hall–Kier alpha value is -6.26. The summed E-state index contributed by atoms with van der Waals surface area (Å²) < 4.78 is 4.77. The number of aromatic nitrogens is 4. The number of rotatable bonds is 5. The van der Waals surface area contributed by atoms with Gasteiger partial charge in [-0.1, -0.05) is 115 Å². The third-order valence-corrected chi connectivity index (χ3v) is 8.74. The first-order valence-electron chi connectivity index (χ1n) is 15.5. The van der Waals surface area contributed by atoms with Crippen LogP contribution in [0.25, 0.3) is 78.1 Å². The van der Waals surface area contributed by atoms with Crippen LogP contribution in [0.5, 0.6) is 0 Å². The highest BCUT2D eigenvalue weighted by atomic mass is 15.1. The Labute approximate surface area is 266 Å². The second-order valence-corrected chi connectivity index (χ2v) is 11.5. The summed E-state index contributed by atoms with van der Waals surface area (Å²) in [6, 6.07) is 59.4. The number of nitrogens with zero attached hydrogens (tertiary/aromatic N) is 4. The molecule has 0 bridgehead atoms. The van der Waals surface area contributed by atoms with Crippen LogP contribution in [-0.2, 0) is 0 Å². The molecule has 0 spiro atoms. The Kier molecular flexibility index (Phi) is 6.10. The van der Waals surface area contributed by atoms with E-state index in [-0.39, 0.29) is 0 Å². The van der Waals surface area contributed by atoms with Gasteiger partial charge >= 0.3 is 0 Å². The maximum absolute atomic E-state index is 5.05. The SMILES string of the molecule is c1ccc(-c2cc(-c3ccccc3)nc(-c3ccc(-n4c5ccccc5c5c6ccccc6n(-c6ccccc6)c54)cc3)n2)cc1. The Bertz CT molecular complexity index is 2430. The van der Waals surface area contributed by atoms with Crippen LogP contribution in [0.2, 0.25) is 0 Å². The molecular weight excluding hydrogens is 560 g/mol. The zero-order valence-electron chi connectivity index (χ0n) is 25.0. The Morgan fingerprint density at radius 2 is 0.804 bits per heavy atom. The first kappa shape index (κ1) is 26.2. The molecule has 9 rings (SSSR count). The Morgan fingerprint density at radius 1 is 0.370 bits per heavy atom. The molecule has 6 aromatic carbocycles. The third-order valence-electron chi connectivity index (χ3n) is 8.74. The minimum Gasteiger partial charge on any atom is -0.295 e. The highest BCUT2D eigenvalue weighted by Gasteiger charge is 2.21. The zero-order valence-corrected chi connectivity index (χ0v) is 25.0. The van der Waals surface area contributed by atoms with Gasteiger partial charge in [-0.25, -0.2) is 9.97 Å². The van der Waals surface area contributed by atoms with Crippen LogP contribution in [0.3, 0.4) is 0 Å². The average Bonchev–Trinajstić information content (AvgIpc) is 3.65. The smallest absolute Gasteiger partial charge is 0.160 e. The maximum Gasteiger partial charge on any atom is 0.160 e. The molecule has 0 aliphatic carbocycles. The van der Waals surface area contributed by atoms with Crippen LogP contribution in [0.4, 0.5) is 0 Å². The van der Waals surface area contributed by atoms with Crippen molar-refractivity contribution in [2.24, 2.45) is 0 Å². The second kappa shape index (κ2) is 10.7. The monoisotopic (exact) mass is 588 g/mol. The molecule has 0 aliphatic heterocycles. The Morgan fingerprint density at radius 3 is 1.33 bits per heavy atom. The minimum absolute atomic E-state index is 0.702. The first-order valence-corrected chi connectivity index (χ1v) is 15.5. The highest BCUT2D eigenvalue weighted by molar-refractivity contribution is 6.22. The number of hydrogen-bond donors (Lipinski definition) is 0. The van der Waals surface area contributed by atoms with Crippen molar-refractivity contribution in [1.82, 2.24) is 19.1 Å². The predicted octanol–water partition coefficient (Wildman–Crippen LogP) is 10.5. The van der Waals surface area contributed by atoms with Crippen molar-refractivity contribution in [3.8, 4) is 45.3 Å². The van der Waals surface area contributed by atoms with E-state index in [0.717, 1.165) is 45.1 Å². The van der Waals surface area contributed by atoms with Gasteiger partial charge in [-0.3, -0.25) is 9.13 Å². The van der Waals surface area contributed by atoms with Crippen molar-refractivity contribution in [3.05, 3.63) is 170 Å². The van der Waals surface area contributed by atoms with Gasteiger partial charge in [0.15, 0.2) is 5.82 Å². The van der Waals surface area contributed by atoms with Gasteiger partial charge in [0, 0.05) is 44.2 Å². The van der Waals surface area contributed by atoms with Crippen molar-refractivity contribution >= 4 is 32.8 Å². The highest BCUT2D eigenvalue weighted by Crippen LogP contribution is 2.40. The third kappa shape index (κ3) is 4.23. The van der Waals surface area contributed by atoms with Crippen molar-refractivity contribution < 1.29 is 0 Å². The average molecular weight is 589 g/mol. The van der Waals surface area contributed by atoms with Gasteiger partial charge in [-0.15, -0.1) is 0 Å². The quantitative estimate of drug-likeness (QED) is 0.200. The summed E-state index contributed by atoms with van der Waals surface area (Å²) in [5.41, 5.74) is 10.6. The molecule has 0 saturated carbocycles. The zero-order chi connectivity index (χ0) is 30.5. The largest absolute Gasteiger partial charge is 0.295 e. The maximum atomic E-state index is 5.05. The molecule has 3 aromatic heterocycles. The lowest BCUT2D eigenvalue weighted by molar-refractivity contribution is 1.07. The molecule has 0 aliphatic rings. The van der Waals surface area contributed by atoms with Crippen LogP contribution in [0, 0.1) is 0 Å². The summed E-state index contributed by atoms with van der Waals surface area (Å²) in [6.07, 6.45) is 0. The fourth-order valence-electron chi connectivity index (χ4n) is 6.65. The summed E-state index contributed by atoms with van der Waals surface area (Å²) in [6.45, 7) is 0. The van der Waals surface area contributed by atoms with Crippen LogP contribution < -0.4 is 0 Å². The lowest BCUT2D eigenvalue weighted by Gasteiger charge is -2.14. The topological polar surface area (TPSA) is 35.6 Å². The van der Waals surface area contributed by atoms with Crippen LogP contribution in [0.15, 0.2) is 170 Å². The van der Waals surface area contributed by atoms with E-state index in [0.29, 0.717) is 5.82 Å². The molecular formula is C42H28N4. The van der Waals surface area contributed by atoms with E-state index < -0.39 is 0 Å². The van der Waals surface area contributed by atoms with Gasteiger partial charge in [0.1, 0.15) is 5.65 Å². The summed E-state index contributed by atoms with van der Waals surface area (Å²) in [5.74, 6) is 0.702. The molecule has 216 valence electrons. The van der Waals surface area contributed by atoms with E-state index in [1.807, 2.05) is 36.4 Å². The summed E-state index contributed by atoms with van der Waals surface area (Å²) >= 11 is 0. The number of para-hydroxylation sites is 3. The van der Waals surface area contributed by atoms with Crippen LogP contribution in [-0.4, -0.2) is 19.1 Å². The molecule has 0 amide bonds. The number of hydrogen-bond acceptors (Lipinski definition) is 2. The molecule has 0 fully saturated rings. The van der Waals surface area contributed by atoms with Crippen LogP contribution >= 0.6 is 0 Å². The number of fused-ring (bicyclic) bond motifs is 5. The van der Waals surface area contributed by atoms with Crippen molar-refractivity contribution in [2.75, 3.05) is 0 Å². The molecule has 3 heterocycles. The predicted molar refractivity (Wildman–Crippen MR) is 190 cm³/mol. The first-order chi connectivity index (χ1) is 22.8. The second-order valence-electron chi connectivity index (χ2n) is 11.5. The van der Waals surface area contributed by atoms with Gasteiger partial charge in [-0.05, 0) is 54.6 Å². The lowest BCUT2D eigenvalue weighted by atomic mass is 10.1. The van der Waals surface area contributed by atoms with E-state index in [2.05, 4.69) is 143 Å². The molecule has 0 radical (unpaired) electrons. The summed E-state index contributed by atoms with van der Waals surface area (Å²) in [4.78, 5) is 10.1. The molecule has 46 heavy (non-hydrogen) atoms. The fraction of sp³-hybridized carbons (Fsp3) is 0. The molecule has 0 N–H and O–H groups in total. The van der Waals surface area contributed by atoms with E-state index in [1.165, 1.54) is 27.2 Å². The van der Waals surface area contributed by atoms with Gasteiger partial charge in [0.05, 0.1) is 22.4 Å². The summed E-state index contributed by atoms with van der Waals surface area (Å²) in [7, 11) is 0. The van der Waals surface area contributed by atoms with Gasteiger partial charge in [0.25, 0.3) is 0 Å². The molecule has 0 atom stereocenters. The molecule has 4 heteroatoms. The van der Waals surface area contributed by atoms with E-state index in [9.17, 15) is 0 Å². The van der Waals surface area contributed by atoms with E-state index >= 15 is 0 Å². The fourth-order valence-corrected chi connectivity index (χ4v) is 6.65. The van der Waals surface area contributed by atoms with Gasteiger partial charge in [-0.2, -0.15) is 0 Å². The minimum atomic E-state index is 0.702. The van der Waals surface area contributed by atoms with E-state index in [4.69, 9.17) is 9.97 Å². The van der Waals surface area contributed by atoms with Gasteiger partial charge in [0.2, 0.25) is 0 Å². The molecule has 0 unspecified atom stereocenters. The summed E-state index contributed by atoms with van der Waals surface area (Å²) in [5, 5.41) is 3.73. The van der Waals surface area contributed by atoms with Crippen molar-refractivity contribution in [2.45, 2.75) is 0 Å².